The van der Waals surface area contributed by atoms with Gasteiger partial charge in [-0.25, -0.2) is 0 Å². The second kappa shape index (κ2) is 6.46. The Morgan fingerprint density at radius 3 is 3.00 bits per heavy atom. The maximum atomic E-state index is 10.1. The van der Waals surface area contributed by atoms with E-state index < -0.39 is 0 Å². The molecule has 2 rings (SSSR count). The van der Waals surface area contributed by atoms with Gasteiger partial charge in [0.05, 0.1) is 19.8 Å². The molecule has 1 atom stereocenters. The van der Waals surface area contributed by atoms with Gasteiger partial charge in [-0.2, -0.15) is 0 Å². The van der Waals surface area contributed by atoms with Crippen LogP contribution in [0.5, 0.6) is 11.5 Å². The SMILES string of the molecule is CCC1CN(Cc2cc(Cl)cc(OC)c2O)CCO1. The number of hydrogen-bond acceptors (Lipinski definition) is 4. The molecule has 0 amide bonds. The third kappa shape index (κ3) is 3.53. The van der Waals surface area contributed by atoms with Crippen molar-refractivity contribution in [3.8, 4) is 11.5 Å². The molecular formula is C14H20ClNO3. The first-order valence-electron chi connectivity index (χ1n) is 6.53. The molecular weight excluding hydrogens is 266 g/mol. The van der Waals surface area contributed by atoms with Gasteiger partial charge in [-0.15, -0.1) is 0 Å². The lowest BCUT2D eigenvalue weighted by Crippen LogP contribution is -2.41. The maximum absolute atomic E-state index is 10.1. The first-order chi connectivity index (χ1) is 9.13. The van der Waals surface area contributed by atoms with Gasteiger partial charge in [-0.05, 0) is 12.5 Å². The first-order valence-corrected chi connectivity index (χ1v) is 6.91. The topological polar surface area (TPSA) is 41.9 Å². The minimum Gasteiger partial charge on any atom is -0.504 e. The number of phenols is 1. The summed E-state index contributed by atoms with van der Waals surface area (Å²) < 4.78 is 10.8. The molecule has 1 heterocycles. The molecule has 1 unspecified atom stereocenters. The van der Waals surface area contributed by atoms with Crippen molar-refractivity contribution in [2.75, 3.05) is 26.8 Å². The maximum Gasteiger partial charge on any atom is 0.162 e. The van der Waals surface area contributed by atoms with Crippen molar-refractivity contribution in [2.45, 2.75) is 26.0 Å². The second-order valence-electron chi connectivity index (χ2n) is 4.75. The highest BCUT2D eigenvalue weighted by Gasteiger charge is 2.21. The van der Waals surface area contributed by atoms with Gasteiger partial charge in [0.1, 0.15) is 0 Å². The van der Waals surface area contributed by atoms with E-state index in [0.717, 1.165) is 31.7 Å². The van der Waals surface area contributed by atoms with Gasteiger partial charge >= 0.3 is 0 Å². The van der Waals surface area contributed by atoms with Gasteiger partial charge in [0.2, 0.25) is 0 Å². The van der Waals surface area contributed by atoms with Crippen LogP contribution in [0.25, 0.3) is 0 Å². The number of rotatable bonds is 4. The van der Waals surface area contributed by atoms with Crippen LogP contribution in [0.2, 0.25) is 5.02 Å². The summed E-state index contributed by atoms with van der Waals surface area (Å²) in [4.78, 5) is 2.27. The second-order valence-corrected chi connectivity index (χ2v) is 5.19. The van der Waals surface area contributed by atoms with Crippen molar-refractivity contribution >= 4 is 11.6 Å². The number of ether oxygens (including phenoxy) is 2. The van der Waals surface area contributed by atoms with Gasteiger partial charge < -0.3 is 14.6 Å². The van der Waals surface area contributed by atoms with Crippen molar-refractivity contribution in [1.82, 2.24) is 4.90 Å². The number of hydrogen-bond donors (Lipinski definition) is 1. The molecule has 0 radical (unpaired) electrons. The van der Waals surface area contributed by atoms with Crippen molar-refractivity contribution in [3.63, 3.8) is 0 Å². The molecule has 0 bridgehead atoms. The van der Waals surface area contributed by atoms with E-state index in [2.05, 4.69) is 11.8 Å². The average Bonchev–Trinajstić information content (AvgIpc) is 2.42. The van der Waals surface area contributed by atoms with Crippen molar-refractivity contribution in [3.05, 3.63) is 22.7 Å². The van der Waals surface area contributed by atoms with E-state index >= 15 is 0 Å². The van der Waals surface area contributed by atoms with Crippen molar-refractivity contribution in [2.24, 2.45) is 0 Å². The molecule has 1 aromatic carbocycles. The largest absolute Gasteiger partial charge is 0.504 e. The predicted molar refractivity (Wildman–Crippen MR) is 75.0 cm³/mol. The van der Waals surface area contributed by atoms with Gasteiger partial charge in [0.25, 0.3) is 0 Å². The molecule has 19 heavy (non-hydrogen) atoms. The molecule has 5 heteroatoms. The van der Waals surface area contributed by atoms with Crippen molar-refractivity contribution < 1.29 is 14.6 Å². The van der Waals surface area contributed by atoms with E-state index in [0.29, 0.717) is 17.3 Å². The molecule has 1 aliphatic heterocycles. The molecule has 0 aliphatic carbocycles. The average molecular weight is 286 g/mol. The van der Waals surface area contributed by atoms with Crippen LogP contribution in [-0.2, 0) is 11.3 Å². The number of nitrogens with zero attached hydrogens (tertiary/aromatic N) is 1. The van der Waals surface area contributed by atoms with E-state index in [4.69, 9.17) is 21.1 Å². The lowest BCUT2D eigenvalue weighted by Gasteiger charge is -2.32. The number of halogens is 1. The normalized spacial score (nSPS) is 20.5. The zero-order valence-corrected chi connectivity index (χ0v) is 12.1. The quantitative estimate of drug-likeness (QED) is 0.923. The summed E-state index contributed by atoms with van der Waals surface area (Å²) in [5.41, 5.74) is 0.793. The van der Waals surface area contributed by atoms with Crippen LogP contribution in [0.1, 0.15) is 18.9 Å². The molecule has 1 N–H and O–H groups in total. The summed E-state index contributed by atoms with van der Waals surface area (Å²) in [6.45, 7) is 5.25. The van der Waals surface area contributed by atoms with Gasteiger partial charge in [0.15, 0.2) is 11.5 Å². The van der Waals surface area contributed by atoms with Crippen LogP contribution in [-0.4, -0.2) is 42.9 Å². The lowest BCUT2D eigenvalue weighted by molar-refractivity contribution is -0.0326. The summed E-state index contributed by atoms with van der Waals surface area (Å²) in [6.07, 6.45) is 1.28. The van der Waals surface area contributed by atoms with Crippen LogP contribution < -0.4 is 4.74 Å². The molecule has 106 valence electrons. The zero-order valence-electron chi connectivity index (χ0n) is 11.4. The molecule has 1 saturated heterocycles. The van der Waals surface area contributed by atoms with Crippen LogP contribution >= 0.6 is 11.6 Å². The molecule has 1 aromatic rings. The summed E-state index contributed by atoms with van der Waals surface area (Å²) in [7, 11) is 1.52. The first kappa shape index (κ1) is 14.4. The van der Waals surface area contributed by atoms with Gasteiger partial charge in [0, 0.05) is 36.3 Å². The Morgan fingerprint density at radius 2 is 2.32 bits per heavy atom. The predicted octanol–water partition coefficient (Wildman–Crippen LogP) is 2.67. The van der Waals surface area contributed by atoms with E-state index in [-0.39, 0.29) is 11.9 Å². The summed E-state index contributed by atoms with van der Waals surface area (Å²) in [5, 5.41) is 10.7. The van der Waals surface area contributed by atoms with E-state index in [1.165, 1.54) is 7.11 Å². The fourth-order valence-electron chi connectivity index (χ4n) is 2.32. The van der Waals surface area contributed by atoms with E-state index in [9.17, 15) is 5.11 Å². The Bertz CT molecular complexity index is 439. The minimum atomic E-state index is 0.173. The Morgan fingerprint density at radius 1 is 1.53 bits per heavy atom. The zero-order chi connectivity index (χ0) is 13.8. The molecule has 0 spiro atoms. The fraction of sp³-hybridized carbons (Fsp3) is 0.571. The van der Waals surface area contributed by atoms with Crippen LogP contribution in [0.15, 0.2) is 12.1 Å². The Balaban J connectivity index is 2.12. The highest BCUT2D eigenvalue weighted by Crippen LogP contribution is 2.34. The van der Waals surface area contributed by atoms with E-state index in [1.807, 2.05) is 0 Å². The molecule has 0 saturated carbocycles. The third-order valence-corrected chi connectivity index (χ3v) is 3.63. The number of morpholine rings is 1. The summed E-state index contributed by atoms with van der Waals surface area (Å²) in [5.74, 6) is 0.592. The Kier molecular flexibility index (Phi) is 4.91. The van der Waals surface area contributed by atoms with E-state index in [1.54, 1.807) is 12.1 Å². The number of benzene rings is 1. The summed E-state index contributed by atoms with van der Waals surface area (Å²) >= 11 is 6.04. The fourth-order valence-corrected chi connectivity index (χ4v) is 2.55. The van der Waals surface area contributed by atoms with Crippen LogP contribution in [0.4, 0.5) is 0 Å². The molecule has 0 aromatic heterocycles. The molecule has 1 fully saturated rings. The monoisotopic (exact) mass is 285 g/mol. The van der Waals surface area contributed by atoms with Gasteiger partial charge in [-0.1, -0.05) is 18.5 Å². The third-order valence-electron chi connectivity index (χ3n) is 3.41. The minimum absolute atomic E-state index is 0.173. The smallest absolute Gasteiger partial charge is 0.162 e. The van der Waals surface area contributed by atoms with Crippen LogP contribution in [0.3, 0.4) is 0 Å². The van der Waals surface area contributed by atoms with Crippen molar-refractivity contribution in [1.29, 1.82) is 0 Å². The highest BCUT2D eigenvalue weighted by atomic mass is 35.5. The molecule has 1 aliphatic rings. The summed E-state index contributed by atoms with van der Waals surface area (Å²) in [6, 6.07) is 3.41. The number of aromatic hydroxyl groups is 1. The number of phenolic OH excluding ortho intramolecular Hbond substituents is 1. The number of methoxy groups -OCH3 is 1. The highest BCUT2D eigenvalue weighted by molar-refractivity contribution is 6.30. The Hall–Kier alpha value is -0.970. The van der Waals surface area contributed by atoms with Gasteiger partial charge in [-0.3, -0.25) is 4.90 Å². The van der Waals surface area contributed by atoms with Crippen LogP contribution in [0, 0.1) is 0 Å². The Labute approximate surface area is 118 Å². The standard InChI is InChI=1S/C14H20ClNO3/c1-3-12-9-16(4-5-19-12)8-10-6-11(15)7-13(18-2)14(10)17/h6-7,12,17H,3-5,8-9H2,1-2H3. The lowest BCUT2D eigenvalue weighted by atomic mass is 10.1. The molecule has 4 nitrogen and oxygen atoms in total.